The van der Waals surface area contributed by atoms with Gasteiger partial charge >= 0.3 is 11.8 Å². The van der Waals surface area contributed by atoms with E-state index in [0.29, 0.717) is 34.4 Å². The summed E-state index contributed by atoms with van der Waals surface area (Å²) < 4.78 is 10.7. The third-order valence-corrected chi connectivity index (χ3v) is 3.71. The van der Waals surface area contributed by atoms with E-state index in [1.54, 1.807) is 24.3 Å². The standard InChI is InChI=1S/C19H20ClN3O4/c1-4-27-16-10-13(9-15(20)17(16)26-3)11-21-23-19(25)18(24)22-14-7-5-12(2)6-8-14/h5-11H,4H2,1-3H3,(H,22,24)(H,23,25)/b21-11-. The molecular formula is C19H20ClN3O4. The number of nitrogens with zero attached hydrogens (tertiary/aromatic N) is 1. The molecule has 2 amide bonds. The minimum atomic E-state index is -0.892. The zero-order valence-corrected chi connectivity index (χ0v) is 16.0. The number of ether oxygens (including phenoxy) is 2. The van der Waals surface area contributed by atoms with E-state index < -0.39 is 11.8 Å². The monoisotopic (exact) mass is 389 g/mol. The molecular weight excluding hydrogens is 370 g/mol. The van der Waals surface area contributed by atoms with Crippen molar-refractivity contribution in [2.75, 3.05) is 19.0 Å². The Labute approximate surface area is 162 Å². The number of rotatable bonds is 6. The summed E-state index contributed by atoms with van der Waals surface area (Å²) in [7, 11) is 1.49. The molecule has 27 heavy (non-hydrogen) atoms. The largest absolute Gasteiger partial charge is 0.491 e. The minimum Gasteiger partial charge on any atom is -0.491 e. The zero-order chi connectivity index (χ0) is 19.8. The van der Waals surface area contributed by atoms with Crippen LogP contribution in [0.5, 0.6) is 11.5 Å². The van der Waals surface area contributed by atoms with Crippen molar-refractivity contribution in [2.45, 2.75) is 13.8 Å². The smallest absolute Gasteiger partial charge is 0.329 e. The number of benzene rings is 2. The van der Waals surface area contributed by atoms with Crippen LogP contribution in [0, 0.1) is 6.92 Å². The molecule has 0 aliphatic carbocycles. The average Bonchev–Trinajstić information content (AvgIpc) is 2.63. The molecule has 2 aromatic carbocycles. The van der Waals surface area contributed by atoms with Crippen molar-refractivity contribution in [2.24, 2.45) is 5.10 Å². The topological polar surface area (TPSA) is 89.0 Å². The molecule has 0 unspecified atom stereocenters. The number of methoxy groups -OCH3 is 1. The van der Waals surface area contributed by atoms with E-state index in [9.17, 15) is 9.59 Å². The van der Waals surface area contributed by atoms with Gasteiger partial charge in [-0.15, -0.1) is 0 Å². The van der Waals surface area contributed by atoms with Crippen molar-refractivity contribution in [3.05, 3.63) is 52.5 Å². The Balaban J connectivity index is 2.00. The lowest BCUT2D eigenvalue weighted by atomic mass is 10.2. The molecule has 2 rings (SSSR count). The van der Waals surface area contributed by atoms with Gasteiger partial charge in [0.25, 0.3) is 0 Å². The van der Waals surface area contributed by atoms with Gasteiger partial charge in [0.15, 0.2) is 11.5 Å². The predicted octanol–water partition coefficient (Wildman–Crippen LogP) is 3.14. The molecule has 2 N–H and O–H groups in total. The Morgan fingerprint density at radius 2 is 1.89 bits per heavy atom. The Morgan fingerprint density at radius 3 is 2.52 bits per heavy atom. The second kappa shape index (κ2) is 9.59. The summed E-state index contributed by atoms with van der Waals surface area (Å²) in [5.41, 5.74) is 4.31. The van der Waals surface area contributed by atoms with Gasteiger partial charge in [0.2, 0.25) is 0 Å². The van der Waals surface area contributed by atoms with Gasteiger partial charge in [-0.25, -0.2) is 5.43 Å². The van der Waals surface area contributed by atoms with Crippen LogP contribution in [0.15, 0.2) is 41.5 Å². The number of carbonyl (C=O) groups is 2. The minimum absolute atomic E-state index is 0.341. The van der Waals surface area contributed by atoms with Crippen LogP contribution in [0.1, 0.15) is 18.1 Å². The van der Waals surface area contributed by atoms with Gasteiger partial charge in [0, 0.05) is 5.69 Å². The highest BCUT2D eigenvalue weighted by molar-refractivity contribution is 6.39. The fraction of sp³-hybridized carbons (Fsp3) is 0.211. The maximum atomic E-state index is 11.9. The first kappa shape index (κ1) is 20.3. The summed E-state index contributed by atoms with van der Waals surface area (Å²) in [6.45, 7) is 4.19. The molecule has 7 nitrogen and oxygen atoms in total. The van der Waals surface area contributed by atoms with Crippen molar-refractivity contribution >= 4 is 35.3 Å². The molecule has 0 bridgehead atoms. The number of aryl methyl sites for hydroxylation is 1. The summed E-state index contributed by atoms with van der Waals surface area (Å²) in [4.78, 5) is 23.7. The molecule has 0 fully saturated rings. The average molecular weight is 390 g/mol. The Bertz CT molecular complexity index is 851. The number of halogens is 1. The van der Waals surface area contributed by atoms with Gasteiger partial charge in [-0.3, -0.25) is 9.59 Å². The third-order valence-electron chi connectivity index (χ3n) is 3.43. The van der Waals surface area contributed by atoms with Crippen LogP contribution in [0.4, 0.5) is 5.69 Å². The van der Waals surface area contributed by atoms with E-state index in [-0.39, 0.29) is 0 Å². The third kappa shape index (κ3) is 5.72. The molecule has 142 valence electrons. The maximum absolute atomic E-state index is 11.9. The number of amides is 2. The zero-order valence-electron chi connectivity index (χ0n) is 15.2. The van der Waals surface area contributed by atoms with Gasteiger partial charge in [-0.2, -0.15) is 5.10 Å². The Kier molecular flexibility index (Phi) is 7.19. The summed E-state index contributed by atoms with van der Waals surface area (Å²) in [5.74, 6) is -0.843. The molecule has 0 saturated carbocycles. The highest BCUT2D eigenvalue weighted by Crippen LogP contribution is 2.35. The van der Waals surface area contributed by atoms with Crippen molar-refractivity contribution in [1.29, 1.82) is 0 Å². The van der Waals surface area contributed by atoms with Crippen LogP contribution in [0.2, 0.25) is 5.02 Å². The highest BCUT2D eigenvalue weighted by atomic mass is 35.5. The number of hydrazone groups is 1. The number of anilines is 1. The lowest BCUT2D eigenvalue weighted by Crippen LogP contribution is -2.32. The van der Waals surface area contributed by atoms with Crippen LogP contribution in [0.25, 0.3) is 0 Å². The highest BCUT2D eigenvalue weighted by Gasteiger charge is 2.13. The quantitative estimate of drug-likeness (QED) is 0.451. The van der Waals surface area contributed by atoms with Crippen molar-refractivity contribution in [1.82, 2.24) is 5.43 Å². The number of carbonyl (C=O) groups excluding carboxylic acids is 2. The van der Waals surface area contributed by atoms with Crippen LogP contribution in [0.3, 0.4) is 0 Å². The van der Waals surface area contributed by atoms with Crippen LogP contribution >= 0.6 is 11.6 Å². The lowest BCUT2D eigenvalue weighted by molar-refractivity contribution is -0.136. The van der Waals surface area contributed by atoms with E-state index >= 15 is 0 Å². The fourth-order valence-electron chi connectivity index (χ4n) is 2.16. The first-order chi connectivity index (χ1) is 12.9. The molecule has 0 aliphatic rings. The van der Waals surface area contributed by atoms with Gasteiger partial charge in [0.1, 0.15) is 0 Å². The van der Waals surface area contributed by atoms with Gasteiger partial charge < -0.3 is 14.8 Å². The molecule has 0 aromatic heterocycles. The van der Waals surface area contributed by atoms with E-state index in [1.165, 1.54) is 13.3 Å². The molecule has 0 aliphatic heterocycles. The summed E-state index contributed by atoms with van der Waals surface area (Å²) in [5, 5.41) is 6.60. The van der Waals surface area contributed by atoms with Crippen molar-refractivity contribution < 1.29 is 19.1 Å². The van der Waals surface area contributed by atoms with E-state index in [1.807, 2.05) is 26.0 Å². The molecule has 0 radical (unpaired) electrons. The summed E-state index contributed by atoms with van der Waals surface area (Å²) in [6.07, 6.45) is 1.35. The van der Waals surface area contributed by atoms with E-state index in [2.05, 4.69) is 15.8 Å². The fourth-order valence-corrected chi connectivity index (χ4v) is 2.46. The van der Waals surface area contributed by atoms with Crippen molar-refractivity contribution in [3.8, 4) is 11.5 Å². The molecule has 0 atom stereocenters. The van der Waals surface area contributed by atoms with Crippen molar-refractivity contribution in [3.63, 3.8) is 0 Å². The Hall–Kier alpha value is -3.06. The molecule has 0 spiro atoms. The number of nitrogens with one attached hydrogen (secondary N) is 2. The van der Waals surface area contributed by atoms with Crippen LogP contribution in [-0.2, 0) is 9.59 Å². The SMILES string of the molecule is CCOc1cc(/C=N\NC(=O)C(=O)Nc2ccc(C)cc2)cc(Cl)c1OC. The Morgan fingerprint density at radius 1 is 1.19 bits per heavy atom. The number of hydrogen-bond acceptors (Lipinski definition) is 5. The first-order valence-electron chi connectivity index (χ1n) is 8.16. The van der Waals surface area contributed by atoms with E-state index in [0.717, 1.165) is 5.56 Å². The molecule has 0 heterocycles. The van der Waals surface area contributed by atoms with Gasteiger partial charge in [0.05, 0.1) is 25.0 Å². The first-order valence-corrected chi connectivity index (χ1v) is 8.53. The van der Waals surface area contributed by atoms with Gasteiger partial charge in [-0.05, 0) is 43.7 Å². The molecule has 2 aromatic rings. The predicted molar refractivity (Wildman–Crippen MR) is 105 cm³/mol. The second-order valence-corrected chi connectivity index (χ2v) is 5.89. The van der Waals surface area contributed by atoms with E-state index in [4.69, 9.17) is 21.1 Å². The second-order valence-electron chi connectivity index (χ2n) is 5.49. The summed E-state index contributed by atoms with van der Waals surface area (Å²) >= 11 is 6.15. The van der Waals surface area contributed by atoms with Crippen LogP contribution < -0.4 is 20.2 Å². The van der Waals surface area contributed by atoms with Gasteiger partial charge in [-0.1, -0.05) is 29.3 Å². The van der Waals surface area contributed by atoms with Crippen LogP contribution in [-0.4, -0.2) is 31.7 Å². The normalized spacial score (nSPS) is 10.5. The number of hydrogen-bond donors (Lipinski definition) is 2. The molecule has 8 heteroatoms. The summed E-state index contributed by atoms with van der Waals surface area (Å²) in [6, 6.07) is 10.3. The molecule has 0 saturated heterocycles. The lowest BCUT2D eigenvalue weighted by Gasteiger charge is -2.11. The maximum Gasteiger partial charge on any atom is 0.329 e.